The lowest BCUT2D eigenvalue weighted by atomic mass is 10.0. The first-order valence-electron chi connectivity index (χ1n) is 3.41. The standard InChI is InChI=1S/C6H12O5.H2O/c1-2-3(7)4(8)5(9)6(10)11-2;/h2-10H,1H3;1H2/t2-,3-,4?,5?,6?;/m0./s1. The van der Waals surface area contributed by atoms with Gasteiger partial charge in [-0.3, -0.25) is 0 Å². The lowest BCUT2D eigenvalue weighted by Gasteiger charge is -2.36. The summed E-state index contributed by atoms with van der Waals surface area (Å²) in [6.07, 6.45) is -5.99. The highest BCUT2D eigenvalue weighted by molar-refractivity contribution is 4.86. The fourth-order valence-electron chi connectivity index (χ4n) is 1.03. The maximum Gasteiger partial charge on any atom is 0.183 e. The van der Waals surface area contributed by atoms with Gasteiger partial charge in [0.05, 0.1) is 6.10 Å². The molecule has 0 aromatic heterocycles. The molecular weight excluding hydrogens is 168 g/mol. The number of rotatable bonds is 0. The van der Waals surface area contributed by atoms with Crippen LogP contribution in [0.15, 0.2) is 0 Å². The molecule has 0 aliphatic carbocycles. The van der Waals surface area contributed by atoms with Gasteiger partial charge in [-0.2, -0.15) is 0 Å². The van der Waals surface area contributed by atoms with E-state index in [2.05, 4.69) is 4.74 Å². The fourth-order valence-corrected chi connectivity index (χ4v) is 1.03. The third-order valence-electron chi connectivity index (χ3n) is 1.83. The minimum absolute atomic E-state index is 0. The molecule has 6 heteroatoms. The highest BCUT2D eigenvalue weighted by Gasteiger charge is 2.40. The predicted octanol–water partition coefficient (Wildman–Crippen LogP) is -3.02. The molecule has 0 bridgehead atoms. The summed E-state index contributed by atoms with van der Waals surface area (Å²) < 4.78 is 4.68. The first-order chi connectivity index (χ1) is 5.04. The molecule has 1 saturated heterocycles. The molecule has 0 amide bonds. The van der Waals surface area contributed by atoms with Gasteiger partial charge in [0.1, 0.15) is 18.3 Å². The van der Waals surface area contributed by atoms with E-state index in [1.54, 1.807) is 0 Å². The maximum absolute atomic E-state index is 9.09. The number of aliphatic hydroxyl groups is 4. The van der Waals surface area contributed by atoms with Crippen LogP contribution in [0.2, 0.25) is 0 Å². The van der Waals surface area contributed by atoms with Crippen LogP contribution in [0.3, 0.4) is 0 Å². The van der Waals surface area contributed by atoms with Crippen LogP contribution in [0.5, 0.6) is 0 Å². The van der Waals surface area contributed by atoms with Gasteiger partial charge < -0.3 is 30.6 Å². The van der Waals surface area contributed by atoms with Crippen molar-refractivity contribution in [2.45, 2.75) is 37.6 Å². The fraction of sp³-hybridized carbons (Fsp3) is 1.00. The van der Waals surface area contributed by atoms with Gasteiger partial charge in [0.25, 0.3) is 0 Å². The monoisotopic (exact) mass is 182 g/mol. The molecule has 1 heterocycles. The Balaban J connectivity index is 0.00000121. The predicted molar refractivity (Wildman–Crippen MR) is 38.2 cm³/mol. The van der Waals surface area contributed by atoms with E-state index in [1.807, 2.05) is 0 Å². The number of hydrogen-bond donors (Lipinski definition) is 4. The van der Waals surface area contributed by atoms with E-state index >= 15 is 0 Å². The van der Waals surface area contributed by atoms with Gasteiger partial charge in [0, 0.05) is 0 Å². The molecule has 0 saturated carbocycles. The van der Waals surface area contributed by atoms with E-state index in [0.29, 0.717) is 0 Å². The minimum Gasteiger partial charge on any atom is -0.412 e. The quantitative estimate of drug-likeness (QED) is 0.317. The van der Waals surface area contributed by atoms with Crippen LogP contribution in [0.1, 0.15) is 6.92 Å². The highest BCUT2D eigenvalue weighted by Crippen LogP contribution is 2.18. The Morgan fingerprint density at radius 3 is 1.92 bits per heavy atom. The van der Waals surface area contributed by atoms with Crippen LogP contribution in [0.4, 0.5) is 0 Å². The number of ether oxygens (including phenoxy) is 1. The molecule has 12 heavy (non-hydrogen) atoms. The molecule has 6 N–H and O–H groups in total. The molecular formula is C6H14O6. The molecule has 1 aliphatic rings. The molecule has 74 valence electrons. The average molecular weight is 182 g/mol. The average Bonchev–Trinajstić information content (AvgIpc) is 1.97. The Kier molecular flexibility index (Phi) is 4.04. The van der Waals surface area contributed by atoms with Gasteiger partial charge in [-0.25, -0.2) is 0 Å². The van der Waals surface area contributed by atoms with Crippen LogP contribution >= 0.6 is 0 Å². The summed E-state index contributed by atoms with van der Waals surface area (Å²) in [7, 11) is 0. The lowest BCUT2D eigenvalue weighted by Crippen LogP contribution is -2.56. The largest absolute Gasteiger partial charge is 0.412 e. The Bertz CT molecular complexity index is 126. The Labute approximate surface area is 69.3 Å². The molecule has 0 spiro atoms. The SMILES string of the molecule is C[C@@H]1OC(O)C(O)C(O)[C@H]1O.O. The molecule has 1 aliphatic heterocycles. The summed E-state index contributed by atoms with van der Waals surface area (Å²) in [4.78, 5) is 0. The molecule has 0 aromatic carbocycles. The molecule has 1 rings (SSSR count). The third kappa shape index (κ3) is 1.92. The molecule has 3 unspecified atom stereocenters. The highest BCUT2D eigenvalue weighted by atomic mass is 16.6. The minimum atomic E-state index is -1.43. The summed E-state index contributed by atoms with van der Waals surface area (Å²) in [6.45, 7) is 1.50. The molecule has 5 atom stereocenters. The second-order valence-electron chi connectivity index (χ2n) is 2.70. The van der Waals surface area contributed by atoms with Gasteiger partial charge in [0.15, 0.2) is 6.29 Å². The van der Waals surface area contributed by atoms with Crippen molar-refractivity contribution in [2.24, 2.45) is 0 Å². The van der Waals surface area contributed by atoms with Crippen molar-refractivity contribution in [1.82, 2.24) is 0 Å². The summed E-state index contributed by atoms with van der Waals surface area (Å²) in [5.41, 5.74) is 0. The van der Waals surface area contributed by atoms with E-state index in [4.69, 9.17) is 20.4 Å². The molecule has 0 aromatic rings. The topological polar surface area (TPSA) is 122 Å². The van der Waals surface area contributed by atoms with E-state index in [9.17, 15) is 0 Å². The van der Waals surface area contributed by atoms with Gasteiger partial charge in [-0.15, -0.1) is 0 Å². The second kappa shape index (κ2) is 4.13. The number of hydrogen-bond acceptors (Lipinski definition) is 5. The van der Waals surface area contributed by atoms with Crippen molar-refractivity contribution in [3.8, 4) is 0 Å². The number of aliphatic hydroxyl groups excluding tert-OH is 4. The van der Waals surface area contributed by atoms with Gasteiger partial charge in [0.2, 0.25) is 0 Å². The molecule has 6 nitrogen and oxygen atoms in total. The summed E-state index contributed by atoms with van der Waals surface area (Å²) in [5.74, 6) is 0. The van der Waals surface area contributed by atoms with Gasteiger partial charge in [-0.05, 0) is 6.92 Å². The first kappa shape index (κ1) is 11.8. The van der Waals surface area contributed by atoms with Crippen molar-refractivity contribution in [3.05, 3.63) is 0 Å². The van der Waals surface area contributed by atoms with Crippen LogP contribution < -0.4 is 0 Å². The maximum atomic E-state index is 9.09. The lowest BCUT2D eigenvalue weighted by molar-refractivity contribution is -0.277. The normalized spacial score (nSPS) is 48.2. The van der Waals surface area contributed by atoms with Crippen LogP contribution in [0.25, 0.3) is 0 Å². The summed E-state index contributed by atoms with van der Waals surface area (Å²) >= 11 is 0. The zero-order valence-electron chi connectivity index (χ0n) is 6.58. The molecule has 0 radical (unpaired) electrons. The smallest absolute Gasteiger partial charge is 0.183 e. The van der Waals surface area contributed by atoms with Crippen molar-refractivity contribution in [3.63, 3.8) is 0 Å². The Morgan fingerprint density at radius 2 is 1.42 bits per heavy atom. The van der Waals surface area contributed by atoms with E-state index in [1.165, 1.54) is 6.92 Å². The zero-order chi connectivity index (χ0) is 8.59. The Hall–Kier alpha value is -0.240. The van der Waals surface area contributed by atoms with Crippen molar-refractivity contribution in [2.75, 3.05) is 0 Å². The molecule has 1 fully saturated rings. The van der Waals surface area contributed by atoms with Crippen LogP contribution in [-0.4, -0.2) is 56.6 Å². The van der Waals surface area contributed by atoms with Gasteiger partial charge in [-0.1, -0.05) is 0 Å². The van der Waals surface area contributed by atoms with Crippen molar-refractivity contribution >= 4 is 0 Å². The van der Waals surface area contributed by atoms with E-state index in [0.717, 1.165) is 0 Å². The van der Waals surface area contributed by atoms with Crippen molar-refractivity contribution in [1.29, 1.82) is 0 Å². The Morgan fingerprint density at radius 1 is 0.917 bits per heavy atom. The van der Waals surface area contributed by atoms with E-state index < -0.39 is 30.7 Å². The zero-order valence-corrected chi connectivity index (χ0v) is 6.58. The first-order valence-corrected chi connectivity index (χ1v) is 3.41. The van der Waals surface area contributed by atoms with Crippen LogP contribution in [-0.2, 0) is 4.74 Å². The van der Waals surface area contributed by atoms with E-state index in [-0.39, 0.29) is 5.48 Å². The van der Waals surface area contributed by atoms with Crippen molar-refractivity contribution < 1.29 is 30.6 Å². The van der Waals surface area contributed by atoms with Gasteiger partial charge >= 0.3 is 0 Å². The summed E-state index contributed by atoms with van der Waals surface area (Å²) in [6, 6.07) is 0. The van der Waals surface area contributed by atoms with Crippen LogP contribution in [0, 0.1) is 0 Å². The summed E-state index contributed by atoms with van der Waals surface area (Å²) in [5, 5.41) is 36.0. The third-order valence-corrected chi connectivity index (χ3v) is 1.83. The second-order valence-corrected chi connectivity index (χ2v) is 2.70.